The van der Waals surface area contributed by atoms with Crippen LogP contribution in [0.1, 0.15) is 90.9 Å². The van der Waals surface area contributed by atoms with E-state index in [9.17, 15) is 9.59 Å². The number of hydrogen-bond donors (Lipinski definition) is 2. The molecule has 2 N–H and O–H groups in total. The van der Waals surface area contributed by atoms with Crippen LogP contribution in [0.2, 0.25) is 0 Å². The molecule has 1 heterocycles. The summed E-state index contributed by atoms with van der Waals surface area (Å²) in [6.45, 7) is 7.20. The zero-order valence-corrected chi connectivity index (χ0v) is 14.9. The third-order valence-electron chi connectivity index (χ3n) is 5.02. The topological polar surface area (TPSA) is 62.0 Å². The van der Waals surface area contributed by atoms with Crippen LogP contribution in [0.15, 0.2) is 0 Å². The second-order valence-electron chi connectivity index (χ2n) is 6.98. The summed E-state index contributed by atoms with van der Waals surface area (Å²) in [4.78, 5) is 27.6. The van der Waals surface area contributed by atoms with Gasteiger partial charge in [-0.2, -0.15) is 0 Å². The Morgan fingerprint density at radius 1 is 1.09 bits per heavy atom. The fraction of sp³-hybridized carbons (Fsp3) is 0.684. The minimum Gasteiger partial charge on any atom is -0.355 e. The Labute approximate surface area is 139 Å². The van der Waals surface area contributed by atoms with Gasteiger partial charge < -0.3 is 10.3 Å². The second kappa shape index (κ2) is 7.91. The van der Waals surface area contributed by atoms with E-state index in [0.29, 0.717) is 17.3 Å². The molecule has 0 bridgehead atoms. The molecule has 0 radical (unpaired) electrons. The molecule has 1 aromatic heterocycles. The lowest BCUT2D eigenvalue weighted by Crippen LogP contribution is -2.42. The smallest absolute Gasteiger partial charge is 0.195 e. The van der Waals surface area contributed by atoms with E-state index < -0.39 is 0 Å². The zero-order chi connectivity index (χ0) is 17.0. The third kappa shape index (κ3) is 4.31. The SMILES string of the molecule is CC(=O)c1c(C)[nH]c(C(=O)[C@H](C)NC2CCCCCCC2)c1C. The molecule has 0 aromatic carbocycles. The third-order valence-corrected chi connectivity index (χ3v) is 5.02. The number of aromatic amines is 1. The van der Waals surface area contributed by atoms with Gasteiger partial charge in [0.25, 0.3) is 0 Å². The summed E-state index contributed by atoms with van der Waals surface area (Å²) in [5, 5.41) is 3.52. The van der Waals surface area contributed by atoms with Gasteiger partial charge in [0.2, 0.25) is 0 Å². The first-order valence-electron chi connectivity index (χ1n) is 8.92. The molecular formula is C19H30N2O2. The average molecular weight is 318 g/mol. The van der Waals surface area contributed by atoms with Crippen molar-refractivity contribution in [1.29, 1.82) is 0 Å². The summed E-state index contributed by atoms with van der Waals surface area (Å²) in [7, 11) is 0. The molecule has 4 heteroatoms. The Morgan fingerprint density at radius 3 is 2.17 bits per heavy atom. The van der Waals surface area contributed by atoms with Crippen molar-refractivity contribution >= 4 is 11.6 Å². The lowest BCUT2D eigenvalue weighted by Gasteiger charge is -2.24. The standard InChI is InChI=1S/C19H30N2O2/c1-12-17(15(4)22)13(2)21-18(12)19(23)14(3)20-16-10-8-6-5-7-9-11-16/h14,16,20-21H,5-11H2,1-4H3/t14-/m0/s1. The van der Waals surface area contributed by atoms with Crippen LogP contribution >= 0.6 is 0 Å². The minimum atomic E-state index is -0.226. The molecule has 1 saturated carbocycles. The summed E-state index contributed by atoms with van der Waals surface area (Å²) in [5.41, 5.74) is 2.81. The van der Waals surface area contributed by atoms with Crippen molar-refractivity contribution in [2.75, 3.05) is 0 Å². The van der Waals surface area contributed by atoms with Crippen molar-refractivity contribution in [3.8, 4) is 0 Å². The molecule has 2 rings (SSSR count). The average Bonchev–Trinajstić information content (AvgIpc) is 2.75. The van der Waals surface area contributed by atoms with Crippen LogP contribution in [-0.4, -0.2) is 28.6 Å². The minimum absolute atomic E-state index is 0.0101. The number of nitrogens with one attached hydrogen (secondary N) is 2. The molecule has 1 atom stereocenters. The van der Waals surface area contributed by atoms with Gasteiger partial charge in [-0.3, -0.25) is 9.59 Å². The number of aromatic nitrogens is 1. The van der Waals surface area contributed by atoms with Crippen molar-refractivity contribution in [1.82, 2.24) is 10.3 Å². The number of aryl methyl sites for hydroxylation is 1. The second-order valence-corrected chi connectivity index (χ2v) is 6.98. The van der Waals surface area contributed by atoms with E-state index in [2.05, 4.69) is 10.3 Å². The highest BCUT2D eigenvalue weighted by Gasteiger charge is 2.25. The van der Waals surface area contributed by atoms with Gasteiger partial charge in [0, 0.05) is 17.3 Å². The quantitative estimate of drug-likeness (QED) is 0.803. The Morgan fingerprint density at radius 2 is 1.65 bits per heavy atom. The van der Waals surface area contributed by atoms with Crippen LogP contribution in [0.25, 0.3) is 0 Å². The van der Waals surface area contributed by atoms with Crippen LogP contribution in [-0.2, 0) is 0 Å². The highest BCUT2D eigenvalue weighted by atomic mass is 16.1. The van der Waals surface area contributed by atoms with Gasteiger partial charge >= 0.3 is 0 Å². The molecular weight excluding hydrogens is 288 g/mol. The highest BCUT2D eigenvalue weighted by molar-refractivity contribution is 6.05. The highest BCUT2D eigenvalue weighted by Crippen LogP contribution is 2.21. The molecule has 23 heavy (non-hydrogen) atoms. The predicted molar refractivity (Wildman–Crippen MR) is 93.3 cm³/mol. The summed E-state index contributed by atoms with van der Waals surface area (Å²) in [5.74, 6) is 0.0658. The first-order valence-corrected chi connectivity index (χ1v) is 8.92. The monoisotopic (exact) mass is 318 g/mol. The Balaban J connectivity index is 2.07. The van der Waals surface area contributed by atoms with Crippen molar-refractivity contribution in [2.24, 2.45) is 0 Å². The summed E-state index contributed by atoms with van der Waals surface area (Å²) < 4.78 is 0. The number of Topliss-reactive ketones (excluding diaryl/α,β-unsaturated/α-hetero) is 2. The van der Waals surface area contributed by atoms with Gasteiger partial charge in [-0.25, -0.2) is 0 Å². The molecule has 128 valence electrons. The van der Waals surface area contributed by atoms with Crippen molar-refractivity contribution in [3.63, 3.8) is 0 Å². The first-order chi connectivity index (χ1) is 10.9. The number of H-pyrrole nitrogens is 1. The lowest BCUT2D eigenvalue weighted by molar-refractivity contribution is 0.0936. The van der Waals surface area contributed by atoms with Gasteiger partial charge in [0.15, 0.2) is 11.6 Å². The molecule has 0 aliphatic heterocycles. The largest absolute Gasteiger partial charge is 0.355 e. The molecule has 0 unspecified atom stereocenters. The van der Waals surface area contributed by atoms with E-state index in [1.807, 2.05) is 20.8 Å². The van der Waals surface area contributed by atoms with E-state index in [1.54, 1.807) is 6.92 Å². The number of carbonyl (C=O) groups excluding carboxylic acids is 2. The lowest BCUT2D eigenvalue weighted by atomic mass is 9.95. The molecule has 0 spiro atoms. The maximum Gasteiger partial charge on any atom is 0.195 e. The Bertz CT molecular complexity index is 566. The van der Waals surface area contributed by atoms with Crippen molar-refractivity contribution in [2.45, 2.75) is 84.7 Å². The van der Waals surface area contributed by atoms with E-state index >= 15 is 0 Å². The van der Waals surface area contributed by atoms with Crippen molar-refractivity contribution in [3.05, 3.63) is 22.5 Å². The fourth-order valence-corrected chi connectivity index (χ4v) is 3.79. The van der Waals surface area contributed by atoms with Crippen LogP contribution in [0, 0.1) is 13.8 Å². The van der Waals surface area contributed by atoms with Crippen LogP contribution in [0.5, 0.6) is 0 Å². The first kappa shape index (κ1) is 17.9. The van der Waals surface area contributed by atoms with Gasteiger partial charge in [0.05, 0.1) is 11.7 Å². The Hall–Kier alpha value is -1.42. The predicted octanol–water partition coefficient (Wildman–Crippen LogP) is 4.11. The van der Waals surface area contributed by atoms with Crippen LogP contribution < -0.4 is 5.32 Å². The normalized spacial score (nSPS) is 18.3. The van der Waals surface area contributed by atoms with E-state index in [1.165, 1.54) is 32.1 Å². The molecule has 0 saturated heterocycles. The van der Waals surface area contributed by atoms with E-state index in [4.69, 9.17) is 0 Å². The molecule has 1 aliphatic carbocycles. The van der Waals surface area contributed by atoms with Crippen LogP contribution in [0.3, 0.4) is 0 Å². The fourth-order valence-electron chi connectivity index (χ4n) is 3.79. The summed E-state index contributed by atoms with van der Waals surface area (Å²) in [6, 6.07) is 0.203. The zero-order valence-electron chi connectivity index (χ0n) is 14.9. The number of ketones is 2. The number of hydrogen-bond acceptors (Lipinski definition) is 3. The van der Waals surface area contributed by atoms with Crippen molar-refractivity contribution < 1.29 is 9.59 Å². The van der Waals surface area contributed by atoms with Gasteiger partial charge in [-0.1, -0.05) is 32.1 Å². The van der Waals surface area contributed by atoms with Gasteiger partial charge in [-0.15, -0.1) is 0 Å². The van der Waals surface area contributed by atoms with Crippen LogP contribution in [0.4, 0.5) is 0 Å². The summed E-state index contributed by atoms with van der Waals surface area (Å²) >= 11 is 0. The van der Waals surface area contributed by atoms with E-state index in [0.717, 1.165) is 24.1 Å². The van der Waals surface area contributed by atoms with E-state index in [-0.39, 0.29) is 17.6 Å². The Kier molecular flexibility index (Phi) is 6.17. The maximum atomic E-state index is 12.8. The molecule has 4 nitrogen and oxygen atoms in total. The van der Waals surface area contributed by atoms with Gasteiger partial charge in [0.1, 0.15) is 0 Å². The number of rotatable bonds is 5. The molecule has 0 amide bonds. The number of carbonyl (C=O) groups is 2. The van der Waals surface area contributed by atoms with Gasteiger partial charge in [-0.05, 0) is 46.1 Å². The molecule has 1 fully saturated rings. The molecule has 1 aromatic rings. The molecule has 1 aliphatic rings. The maximum absolute atomic E-state index is 12.8. The summed E-state index contributed by atoms with van der Waals surface area (Å²) in [6.07, 6.45) is 8.74.